The molecule has 0 saturated heterocycles. The van der Waals surface area contributed by atoms with Gasteiger partial charge >= 0.3 is 5.97 Å². The summed E-state index contributed by atoms with van der Waals surface area (Å²) in [5, 5.41) is 3.77. The lowest BCUT2D eigenvalue weighted by molar-refractivity contribution is 0.0601. The van der Waals surface area contributed by atoms with Crippen molar-refractivity contribution >= 4 is 23.2 Å². The third kappa shape index (κ3) is 3.67. The number of H-pyrrole nitrogens is 1. The number of aryl methyl sites for hydroxylation is 1. The van der Waals surface area contributed by atoms with Gasteiger partial charge < -0.3 is 4.74 Å². The van der Waals surface area contributed by atoms with E-state index in [-0.39, 0.29) is 5.56 Å². The van der Waals surface area contributed by atoms with Gasteiger partial charge in [-0.15, -0.1) is 0 Å². The molecule has 6 nitrogen and oxygen atoms in total. The Kier molecular flexibility index (Phi) is 4.94. The fourth-order valence-electron chi connectivity index (χ4n) is 3.26. The Labute approximate surface area is 171 Å². The molecular weight excluding hydrogens is 390 g/mol. The third-order valence-electron chi connectivity index (χ3n) is 4.82. The standard InChI is InChI=1S/C22H18ClN3O3/c1-13-18(11-14-3-9-17(23)10-4-14)21-24-19(12-20(27)26(21)25-13)15-5-7-16(8-6-15)22(28)29-2/h3-10,12,25H,11H2,1-2H3. The van der Waals surface area contributed by atoms with Gasteiger partial charge in [0.15, 0.2) is 5.65 Å². The van der Waals surface area contributed by atoms with Crippen molar-refractivity contribution in [3.63, 3.8) is 0 Å². The van der Waals surface area contributed by atoms with Crippen molar-refractivity contribution in [2.45, 2.75) is 13.3 Å². The van der Waals surface area contributed by atoms with Gasteiger partial charge in [0.2, 0.25) is 0 Å². The largest absolute Gasteiger partial charge is 0.465 e. The van der Waals surface area contributed by atoms with Crippen LogP contribution >= 0.6 is 11.6 Å². The van der Waals surface area contributed by atoms with Crippen LogP contribution in [0.4, 0.5) is 0 Å². The Morgan fingerprint density at radius 1 is 1.14 bits per heavy atom. The van der Waals surface area contributed by atoms with Crippen LogP contribution in [0.3, 0.4) is 0 Å². The van der Waals surface area contributed by atoms with Crippen molar-refractivity contribution in [2.75, 3.05) is 7.11 Å². The van der Waals surface area contributed by atoms with Crippen LogP contribution in [0.5, 0.6) is 0 Å². The number of aromatic amines is 1. The van der Waals surface area contributed by atoms with Crippen molar-refractivity contribution in [1.82, 2.24) is 14.6 Å². The first-order valence-corrected chi connectivity index (χ1v) is 9.38. The van der Waals surface area contributed by atoms with Crippen LogP contribution < -0.4 is 5.56 Å². The predicted octanol–water partition coefficient (Wildman–Crippen LogP) is 4.03. The van der Waals surface area contributed by atoms with E-state index in [0.29, 0.717) is 28.3 Å². The zero-order chi connectivity index (χ0) is 20.5. The molecule has 2 aromatic carbocycles. The van der Waals surface area contributed by atoms with Crippen molar-refractivity contribution in [1.29, 1.82) is 0 Å². The Bertz CT molecular complexity index is 1260. The average Bonchev–Trinajstić information content (AvgIpc) is 3.05. The van der Waals surface area contributed by atoms with Gasteiger partial charge in [-0.25, -0.2) is 14.3 Å². The predicted molar refractivity (Wildman–Crippen MR) is 112 cm³/mol. The van der Waals surface area contributed by atoms with Crippen LogP contribution in [0.2, 0.25) is 5.02 Å². The van der Waals surface area contributed by atoms with Crippen molar-refractivity contribution in [3.05, 3.63) is 92.4 Å². The molecule has 0 aliphatic heterocycles. The Morgan fingerprint density at radius 3 is 2.48 bits per heavy atom. The molecule has 2 aromatic heterocycles. The molecule has 146 valence electrons. The van der Waals surface area contributed by atoms with Crippen LogP contribution in [-0.4, -0.2) is 27.7 Å². The molecule has 29 heavy (non-hydrogen) atoms. The van der Waals surface area contributed by atoms with Gasteiger partial charge in [0.05, 0.1) is 18.4 Å². The van der Waals surface area contributed by atoms with Gasteiger partial charge in [-0.3, -0.25) is 9.89 Å². The maximum atomic E-state index is 12.7. The van der Waals surface area contributed by atoms with Crippen molar-refractivity contribution in [3.8, 4) is 11.3 Å². The van der Waals surface area contributed by atoms with Crippen molar-refractivity contribution < 1.29 is 9.53 Å². The van der Waals surface area contributed by atoms with Gasteiger partial charge in [0, 0.05) is 34.3 Å². The second-order valence-corrected chi connectivity index (χ2v) is 7.16. The highest BCUT2D eigenvalue weighted by Crippen LogP contribution is 2.22. The van der Waals surface area contributed by atoms with E-state index in [1.54, 1.807) is 24.3 Å². The Balaban J connectivity index is 1.78. The lowest BCUT2D eigenvalue weighted by Crippen LogP contribution is -2.14. The second kappa shape index (κ2) is 7.56. The normalized spacial score (nSPS) is 11.0. The number of hydrogen-bond donors (Lipinski definition) is 1. The summed E-state index contributed by atoms with van der Waals surface area (Å²) in [6.45, 7) is 1.92. The minimum Gasteiger partial charge on any atom is -0.465 e. The number of benzene rings is 2. The fraction of sp³-hybridized carbons (Fsp3) is 0.136. The average molecular weight is 408 g/mol. The summed E-state index contributed by atoms with van der Waals surface area (Å²) in [5.41, 5.74) is 5.00. The number of nitrogens with zero attached hydrogens (tertiary/aromatic N) is 2. The SMILES string of the molecule is COC(=O)c1ccc(-c2cc(=O)n3[nH]c(C)c(Cc4ccc(Cl)cc4)c3n2)cc1. The Morgan fingerprint density at radius 2 is 1.83 bits per heavy atom. The number of aromatic nitrogens is 3. The molecule has 0 bridgehead atoms. The van der Waals surface area contributed by atoms with Gasteiger partial charge in [0.25, 0.3) is 5.56 Å². The Hall–Kier alpha value is -3.38. The van der Waals surface area contributed by atoms with E-state index < -0.39 is 5.97 Å². The minimum absolute atomic E-state index is 0.201. The summed E-state index contributed by atoms with van der Waals surface area (Å²) in [4.78, 5) is 29.0. The zero-order valence-electron chi connectivity index (χ0n) is 15.9. The van der Waals surface area contributed by atoms with E-state index >= 15 is 0 Å². The molecule has 1 N–H and O–H groups in total. The summed E-state index contributed by atoms with van der Waals surface area (Å²) < 4.78 is 6.17. The molecule has 0 spiro atoms. The van der Waals surface area contributed by atoms with E-state index in [0.717, 1.165) is 22.4 Å². The maximum Gasteiger partial charge on any atom is 0.337 e. The highest BCUT2D eigenvalue weighted by Gasteiger charge is 2.15. The highest BCUT2D eigenvalue weighted by atomic mass is 35.5. The second-order valence-electron chi connectivity index (χ2n) is 6.73. The van der Waals surface area contributed by atoms with Crippen LogP contribution in [0.1, 0.15) is 27.2 Å². The zero-order valence-corrected chi connectivity index (χ0v) is 16.7. The number of methoxy groups -OCH3 is 1. The number of halogens is 1. The molecule has 4 rings (SSSR count). The number of carbonyl (C=O) groups excluding carboxylic acids is 1. The molecule has 0 aliphatic carbocycles. The molecule has 7 heteroatoms. The van der Waals surface area contributed by atoms with E-state index in [1.807, 2.05) is 31.2 Å². The third-order valence-corrected chi connectivity index (χ3v) is 5.07. The first kappa shape index (κ1) is 19.0. The van der Waals surface area contributed by atoms with Crippen LogP contribution in [0.15, 0.2) is 59.4 Å². The number of nitrogens with one attached hydrogen (secondary N) is 1. The molecule has 0 saturated carbocycles. The molecule has 0 aliphatic rings. The smallest absolute Gasteiger partial charge is 0.337 e. The molecule has 2 heterocycles. The summed E-state index contributed by atoms with van der Waals surface area (Å²) in [6.07, 6.45) is 0.618. The first-order chi connectivity index (χ1) is 14.0. The molecule has 0 fully saturated rings. The van der Waals surface area contributed by atoms with Crippen molar-refractivity contribution in [2.24, 2.45) is 0 Å². The van der Waals surface area contributed by atoms with Gasteiger partial charge in [-0.05, 0) is 36.8 Å². The number of hydrogen-bond acceptors (Lipinski definition) is 4. The topological polar surface area (TPSA) is 76.5 Å². The van der Waals surface area contributed by atoms with Gasteiger partial charge in [-0.1, -0.05) is 35.9 Å². The monoisotopic (exact) mass is 407 g/mol. The lowest BCUT2D eigenvalue weighted by Gasteiger charge is -2.05. The summed E-state index contributed by atoms with van der Waals surface area (Å²) in [5.74, 6) is -0.411. The lowest BCUT2D eigenvalue weighted by atomic mass is 10.1. The van der Waals surface area contributed by atoms with Crippen LogP contribution in [-0.2, 0) is 11.2 Å². The number of ether oxygens (including phenoxy) is 1. The van der Waals surface area contributed by atoms with E-state index in [1.165, 1.54) is 17.7 Å². The molecule has 0 unspecified atom stereocenters. The highest BCUT2D eigenvalue weighted by molar-refractivity contribution is 6.30. The summed E-state index contributed by atoms with van der Waals surface area (Å²) in [6, 6.07) is 15.9. The van der Waals surface area contributed by atoms with Gasteiger partial charge in [-0.2, -0.15) is 0 Å². The number of fused-ring (bicyclic) bond motifs is 1. The molecule has 0 radical (unpaired) electrons. The number of rotatable bonds is 4. The molecule has 0 amide bonds. The van der Waals surface area contributed by atoms with Gasteiger partial charge in [0.1, 0.15) is 0 Å². The molecule has 4 aromatic rings. The minimum atomic E-state index is -0.411. The number of esters is 1. The maximum absolute atomic E-state index is 12.7. The number of carbonyl (C=O) groups is 1. The molecule has 0 atom stereocenters. The fourth-order valence-corrected chi connectivity index (χ4v) is 3.38. The quantitative estimate of drug-likeness (QED) is 0.518. The van der Waals surface area contributed by atoms with E-state index in [9.17, 15) is 9.59 Å². The van der Waals surface area contributed by atoms with Crippen LogP contribution in [0.25, 0.3) is 16.9 Å². The first-order valence-electron chi connectivity index (χ1n) is 9.00. The summed E-state index contributed by atoms with van der Waals surface area (Å²) >= 11 is 5.98. The van der Waals surface area contributed by atoms with Crippen LogP contribution in [0, 0.1) is 6.92 Å². The summed E-state index contributed by atoms with van der Waals surface area (Å²) in [7, 11) is 1.34. The van der Waals surface area contributed by atoms with E-state index in [4.69, 9.17) is 21.3 Å². The van der Waals surface area contributed by atoms with E-state index in [2.05, 4.69) is 5.10 Å². The molecular formula is C22H18ClN3O3.